The molecule has 0 bridgehead atoms. The molecule has 1 saturated carbocycles. The van der Waals surface area contributed by atoms with Crippen molar-refractivity contribution < 1.29 is 4.79 Å². The molecule has 1 fully saturated rings. The van der Waals surface area contributed by atoms with E-state index in [1.54, 1.807) is 0 Å². The smallest absolute Gasteiger partial charge is 0.241 e. The van der Waals surface area contributed by atoms with Gasteiger partial charge in [0.2, 0.25) is 5.91 Å². The molecule has 1 aliphatic carbocycles. The zero-order valence-corrected chi connectivity index (χ0v) is 13.2. The molecule has 1 aliphatic rings. The van der Waals surface area contributed by atoms with Crippen LogP contribution in [-0.4, -0.2) is 37.5 Å². The molecule has 0 aromatic carbocycles. The third-order valence-corrected chi connectivity index (χ3v) is 3.65. The molecule has 0 heterocycles. The number of rotatable bonds is 6. The molecular weight excluding hydrogens is 252 g/mol. The predicted molar refractivity (Wildman–Crippen MR) is 83.8 cm³/mol. The normalized spacial score (nSPS) is 23.2. The van der Waals surface area contributed by atoms with Gasteiger partial charge in [-0.1, -0.05) is 13.8 Å². The van der Waals surface area contributed by atoms with Gasteiger partial charge in [0.25, 0.3) is 0 Å². The second-order valence-corrected chi connectivity index (χ2v) is 5.65. The second-order valence-electron chi connectivity index (χ2n) is 5.65. The molecule has 0 atom stereocenters. The van der Waals surface area contributed by atoms with Gasteiger partial charge < -0.3 is 16.0 Å². The van der Waals surface area contributed by atoms with Crippen LogP contribution in [0.15, 0.2) is 4.99 Å². The molecule has 3 N–H and O–H groups in total. The van der Waals surface area contributed by atoms with Crippen LogP contribution in [-0.2, 0) is 4.79 Å². The zero-order valence-electron chi connectivity index (χ0n) is 13.2. The molecule has 0 saturated heterocycles. The van der Waals surface area contributed by atoms with Crippen LogP contribution in [0.1, 0.15) is 52.9 Å². The van der Waals surface area contributed by atoms with E-state index in [2.05, 4.69) is 27.9 Å². The minimum atomic E-state index is -0.0127. The molecular formula is C15H30N4O. The van der Waals surface area contributed by atoms with Crippen molar-refractivity contribution in [3.8, 4) is 0 Å². The van der Waals surface area contributed by atoms with Gasteiger partial charge in [0, 0.05) is 19.1 Å². The third kappa shape index (κ3) is 6.78. The van der Waals surface area contributed by atoms with Gasteiger partial charge in [-0.05, 0) is 44.9 Å². The van der Waals surface area contributed by atoms with Crippen LogP contribution in [0.5, 0.6) is 0 Å². The van der Waals surface area contributed by atoms with Crippen LogP contribution in [0.4, 0.5) is 0 Å². The number of amides is 1. The van der Waals surface area contributed by atoms with Gasteiger partial charge in [-0.2, -0.15) is 0 Å². The van der Waals surface area contributed by atoms with E-state index in [4.69, 9.17) is 0 Å². The van der Waals surface area contributed by atoms with Gasteiger partial charge in [0.15, 0.2) is 5.96 Å². The van der Waals surface area contributed by atoms with Crippen LogP contribution in [0, 0.1) is 5.92 Å². The Morgan fingerprint density at radius 1 is 1.15 bits per heavy atom. The van der Waals surface area contributed by atoms with Crippen molar-refractivity contribution in [3.63, 3.8) is 0 Å². The molecule has 0 radical (unpaired) electrons. The van der Waals surface area contributed by atoms with E-state index < -0.39 is 0 Å². The maximum absolute atomic E-state index is 11.6. The maximum Gasteiger partial charge on any atom is 0.241 e. The Morgan fingerprint density at radius 2 is 1.85 bits per heavy atom. The Hall–Kier alpha value is -1.26. The van der Waals surface area contributed by atoms with Gasteiger partial charge in [0.05, 0.1) is 0 Å². The topological polar surface area (TPSA) is 65.5 Å². The Balaban J connectivity index is 2.40. The van der Waals surface area contributed by atoms with E-state index in [0.717, 1.165) is 31.4 Å². The van der Waals surface area contributed by atoms with Gasteiger partial charge >= 0.3 is 0 Å². The monoisotopic (exact) mass is 282 g/mol. The number of carbonyl (C=O) groups excluding carboxylic acids is 1. The van der Waals surface area contributed by atoms with E-state index in [-0.39, 0.29) is 12.5 Å². The van der Waals surface area contributed by atoms with Crippen molar-refractivity contribution in [2.24, 2.45) is 10.9 Å². The summed E-state index contributed by atoms with van der Waals surface area (Å²) in [4.78, 5) is 15.9. The minimum Gasteiger partial charge on any atom is -0.357 e. The Labute approximate surface area is 123 Å². The number of carbonyl (C=O) groups is 1. The van der Waals surface area contributed by atoms with E-state index in [0.29, 0.717) is 6.04 Å². The summed E-state index contributed by atoms with van der Waals surface area (Å²) in [7, 11) is 0. The lowest BCUT2D eigenvalue weighted by Gasteiger charge is -2.28. The van der Waals surface area contributed by atoms with Crippen LogP contribution >= 0.6 is 0 Å². The second kappa shape index (κ2) is 9.61. The highest BCUT2D eigenvalue weighted by Gasteiger charge is 2.18. The van der Waals surface area contributed by atoms with Crippen molar-refractivity contribution in [1.82, 2.24) is 16.0 Å². The molecule has 0 unspecified atom stereocenters. The Bertz CT molecular complexity index is 309. The highest BCUT2D eigenvalue weighted by Crippen LogP contribution is 2.23. The van der Waals surface area contributed by atoms with E-state index in [1.807, 2.05) is 13.8 Å². The van der Waals surface area contributed by atoms with E-state index >= 15 is 0 Å². The largest absolute Gasteiger partial charge is 0.357 e. The summed E-state index contributed by atoms with van der Waals surface area (Å²) >= 11 is 0. The summed E-state index contributed by atoms with van der Waals surface area (Å²) in [6.07, 6.45) is 5.87. The average molecular weight is 282 g/mol. The standard InChI is InChI=1S/C15H30N4O/c1-4-10-17-14(20)11-18-15(16-5-2)19-13-8-6-12(3)7-9-13/h12-13H,4-11H2,1-3H3,(H,17,20)(H2,16,18,19). The lowest BCUT2D eigenvalue weighted by atomic mass is 9.87. The van der Waals surface area contributed by atoms with E-state index in [1.165, 1.54) is 25.7 Å². The van der Waals surface area contributed by atoms with Gasteiger partial charge in [-0.15, -0.1) is 0 Å². The summed E-state index contributed by atoms with van der Waals surface area (Å²) in [6, 6.07) is 0.489. The number of nitrogens with zero attached hydrogens (tertiary/aromatic N) is 1. The minimum absolute atomic E-state index is 0.0127. The first-order valence-electron chi connectivity index (χ1n) is 7.97. The number of guanidine groups is 1. The fraction of sp³-hybridized carbons (Fsp3) is 0.867. The van der Waals surface area contributed by atoms with Crippen molar-refractivity contribution in [2.75, 3.05) is 19.6 Å². The molecule has 116 valence electrons. The first-order valence-corrected chi connectivity index (χ1v) is 7.97. The number of aliphatic imine (C=N–C) groups is 1. The van der Waals surface area contributed by atoms with Crippen LogP contribution in [0.3, 0.4) is 0 Å². The van der Waals surface area contributed by atoms with Gasteiger partial charge in [-0.25, -0.2) is 4.99 Å². The van der Waals surface area contributed by atoms with E-state index in [9.17, 15) is 4.79 Å². The summed E-state index contributed by atoms with van der Waals surface area (Å²) in [6.45, 7) is 8.12. The van der Waals surface area contributed by atoms with Crippen LogP contribution in [0.2, 0.25) is 0 Å². The Morgan fingerprint density at radius 3 is 2.45 bits per heavy atom. The Kier molecular flexibility index (Phi) is 8.07. The quantitative estimate of drug-likeness (QED) is 0.512. The van der Waals surface area contributed by atoms with Crippen LogP contribution < -0.4 is 16.0 Å². The fourth-order valence-electron chi connectivity index (χ4n) is 2.39. The molecule has 5 heteroatoms. The molecule has 20 heavy (non-hydrogen) atoms. The van der Waals surface area contributed by atoms with Crippen molar-refractivity contribution >= 4 is 11.9 Å². The molecule has 0 aliphatic heterocycles. The fourth-order valence-corrected chi connectivity index (χ4v) is 2.39. The molecule has 1 amide bonds. The molecule has 1 rings (SSSR count). The highest BCUT2D eigenvalue weighted by atomic mass is 16.1. The number of hydrogen-bond donors (Lipinski definition) is 3. The first-order chi connectivity index (χ1) is 9.65. The summed E-state index contributed by atoms with van der Waals surface area (Å²) in [5, 5.41) is 9.50. The van der Waals surface area contributed by atoms with Crippen molar-refractivity contribution in [3.05, 3.63) is 0 Å². The SMILES string of the molecule is CCCNC(=O)CN=C(NCC)NC1CCC(C)CC1. The molecule has 0 spiro atoms. The molecule has 5 nitrogen and oxygen atoms in total. The lowest BCUT2D eigenvalue weighted by molar-refractivity contribution is -0.119. The van der Waals surface area contributed by atoms with Crippen molar-refractivity contribution in [1.29, 1.82) is 0 Å². The summed E-state index contributed by atoms with van der Waals surface area (Å²) < 4.78 is 0. The zero-order chi connectivity index (χ0) is 14.8. The summed E-state index contributed by atoms with van der Waals surface area (Å²) in [5.41, 5.74) is 0. The third-order valence-electron chi connectivity index (χ3n) is 3.65. The summed E-state index contributed by atoms with van der Waals surface area (Å²) in [5.74, 6) is 1.59. The number of hydrogen-bond acceptors (Lipinski definition) is 2. The first kappa shape index (κ1) is 16.8. The highest BCUT2D eigenvalue weighted by molar-refractivity contribution is 5.85. The van der Waals surface area contributed by atoms with Crippen molar-refractivity contribution in [2.45, 2.75) is 58.9 Å². The van der Waals surface area contributed by atoms with Gasteiger partial charge in [-0.3, -0.25) is 4.79 Å². The van der Waals surface area contributed by atoms with Gasteiger partial charge in [0.1, 0.15) is 6.54 Å². The number of nitrogens with one attached hydrogen (secondary N) is 3. The predicted octanol–water partition coefficient (Wildman–Crippen LogP) is 1.65. The van der Waals surface area contributed by atoms with Crippen LogP contribution in [0.25, 0.3) is 0 Å². The molecule has 0 aromatic rings. The molecule has 0 aromatic heterocycles. The lowest BCUT2D eigenvalue weighted by Crippen LogP contribution is -2.45. The maximum atomic E-state index is 11.6. The average Bonchev–Trinajstić information content (AvgIpc) is 2.45.